The van der Waals surface area contributed by atoms with E-state index in [-0.39, 0.29) is 23.6 Å². The van der Waals surface area contributed by atoms with Crippen LogP contribution in [0.25, 0.3) is 0 Å². The fourth-order valence-corrected chi connectivity index (χ4v) is 7.83. The van der Waals surface area contributed by atoms with Gasteiger partial charge in [0.05, 0.1) is 33.5 Å². The third-order valence-electron chi connectivity index (χ3n) is 10.5. The monoisotopic (exact) mass is 783 g/mol. The zero-order chi connectivity index (χ0) is 40.4. The maximum Gasteiger partial charge on any atom is 0.471 e. The second-order valence-corrected chi connectivity index (χ2v) is 19.9. The van der Waals surface area contributed by atoms with Gasteiger partial charge in [-0.25, -0.2) is 4.79 Å². The number of alkyl halides is 3. The Hall–Kier alpha value is -4.70. The number of amides is 1. The number of methoxy groups -OCH3 is 2. The zero-order valence-electron chi connectivity index (χ0n) is 32.2. The molecule has 2 N–H and O–H groups in total. The molecule has 55 heavy (non-hydrogen) atoms. The van der Waals surface area contributed by atoms with E-state index in [9.17, 15) is 27.6 Å². The molecule has 1 unspecified atom stereocenters. The Labute approximate surface area is 318 Å². The van der Waals surface area contributed by atoms with Crippen LogP contribution in [-0.2, 0) is 30.0 Å². The lowest BCUT2D eigenvalue weighted by molar-refractivity contribution is -0.177. The number of aryl methyl sites for hydroxylation is 1. The molecule has 4 aromatic rings. The number of carbonyl (C=O) groups is 1. The summed E-state index contributed by atoms with van der Waals surface area (Å²) in [5.41, 5.74) is -2.53. The number of rotatable bonds is 13. The number of halogens is 3. The van der Waals surface area contributed by atoms with Gasteiger partial charge in [-0.1, -0.05) is 75.4 Å². The van der Waals surface area contributed by atoms with Crippen LogP contribution in [0.5, 0.6) is 11.5 Å². The minimum Gasteiger partial charge on any atom is -0.497 e. The van der Waals surface area contributed by atoms with Crippen LogP contribution in [0, 0.1) is 6.92 Å². The Bertz CT molecular complexity index is 2020. The van der Waals surface area contributed by atoms with Crippen LogP contribution in [0.4, 0.5) is 13.2 Å². The summed E-state index contributed by atoms with van der Waals surface area (Å²) in [5.74, 6) is -0.974. The molecule has 0 saturated carbocycles. The van der Waals surface area contributed by atoms with Crippen molar-refractivity contribution >= 4 is 14.2 Å². The van der Waals surface area contributed by atoms with Gasteiger partial charge in [-0.2, -0.15) is 13.2 Å². The Morgan fingerprint density at radius 3 is 1.93 bits per heavy atom. The summed E-state index contributed by atoms with van der Waals surface area (Å²) < 4.78 is 73.4. The first kappa shape index (κ1) is 41.5. The molecule has 3 atom stereocenters. The fourth-order valence-electron chi connectivity index (χ4n) is 6.49. The van der Waals surface area contributed by atoms with Gasteiger partial charge in [0.1, 0.15) is 23.2 Å². The van der Waals surface area contributed by atoms with Crippen LogP contribution in [0.2, 0.25) is 18.1 Å². The van der Waals surface area contributed by atoms with Crippen LogP contribution in [-0.4, -0.2) is 69.5 Å². The lowest BCUT2D eigenvalue weighted by atomic mass is 9.80. The molecular weight excluding hydrogens is 736 g/mol. The minimum absolute atomic E-state index is 0.105. The van der Waals surface area contributed by atoms with Crippen molar-refractivity contribution in [1.82, 2.24) is 14.9 Å². The van der Waals surface area contributed by atoms with Crippen molar-refractivity contribution in [3.63, 3.8) is 0 Å². The second kappa shape index (κ2) is 15.8. The maximum atomic E-state index is 13.6. The van der Waals surface area contributed by atoms with E-state index >= 15 is 0 Å². The molecule has 1 aromatic heterocycles. The average molecular weight is 784 g/mol. The molecule has 11 nitrogen and oxygen atoms in total. The van der Waals surface area contributed by atoms with E-state index in [1.165, 1.54) is 13.1 Å². The van der Waals surface area contributed by atoms with Gasteiger partial charge in [0.25, 0.3) is 5.56 Å². The minimum atomic E-state index is -5.21. The van der Waals surface area contributed by atoms with Crippen LogP contribution in [0.1, 0.15) is 49.4 Å². The summed E-state index contributed by atoms with van der Waals surface area (Å²) in [4.78, 5) is 40.4. The first-order chi connectivity index (χ1) is 25.8. The summed E-state index contributed by atoms with van der Waals surface area (Å²) in [5, 5.41) is 1.62. The SMILES string of the molecule is COc1ccc(C(OC[C@H]2O[C@@](CNC(=O)C(F)(F)F)(n3cc(C)c(=O)[nH]c3=O)CC2O[Si](C)(C)C(C)(C)C)(c2ccccc2)c2ccc(OC)cc2)cc1. The normalized spacial score (nSPS) is 19.3. The zero-order valence-corrected chi connectivity index (χ0v) is 33.2. The number of H-pyrrole nitrogens is 1. The number of hydrogen-bond acceptors (Lipinski definition) is 8. The number of aromatic amines is 1. The van der Waals surface area contributed by atoms with E-state index in [0.29, 0.717) is 11.5 Å². The predicted molar refractivity (Wildman–Crippen MR) is 203 cm³/mol. The molecule has 0 bridgehead atoms. The third kappa shape index (κ3) is 8.59. The molecule has 15 heteroatoms. The molecule has 3 aromatic carbocycles. The van der Waals surface area contributed by atoms with E-state index in [2.05, 4.69) is 4.98 Å². The van der Waals surface area contributed by atoms with E-state index in [1.54, 1.807) is 14.2 Å². The van der Waals surface area contributed by atoms with Gasteiger partial charge in [0.15, 0.2) is 14.0 Å². The Kier molecular flexibility index (Phi) is 11.9. The number of aromatic nitrogens is 2. The predicted octanol–water partition coefficient (Wildman–Crippen LogP) is 6.38. The number of benzene rings is 3. The number of nitrogens with zero attached hydrogens (tertiary/aromatic N) is 1. The molecule has 1 aliphatic heterocycles. The largest absolute Gasteiger partial charge is 0.497 e. The summed E-state index contributed by atoms with van der Waals surface area (Å²) in [6.45, 7) is 10.7. The lowest BCUT2D eigenvalue weighted by Crippen LogP contribution is -2.53. The first-order valence-electron chi connectivity index (χ1n) is 17.8. The van der Waals surface area contributed by atoms with E-state index in [4.69, 9.17) is 23.4 Å². The van der Waals surface area contributed by atoms with Crippen molar-refractivity contribution in [3.8, 4) is 11.5 Å². The van der Waals surface area contributed by atoms with E-state index in [1.807, 2.05) is 118 Å². The summed E-state index contributed by atoms with van der Waals surface area (Å²) in [7, 11) is 0.488. The lowest BCUT2D eigenvalue weighted by Gasteiger charge is -2.40. The van der Waals surface area contributed by atoms with Crippen LogP contribution >= 0.6 is 0 Å². The van der Waals surface area contributed by atoms with Crippen LogP contribution in [0.3, 0.4) is 0 Å². The molecule has 0 aliphatic carbocycles. The number of ether oxygens (including phenoxy) is 4. The summed E-state index contributed by atoms with van der Waals surface area (Å²) >= 11 is 0. The fraction of sp³-hybridized carbons (Fsp3) is 0.425. The van der Waals surface area contributed by atoms with Gasteiger partial charge in [0.2, 0.25) is 0 Å². The van der Waals surface area contributed by atoms with Crippen molar-refractivity contribution in [3.05, 3.63) is 128 Å². The molecule has 1 saturated heterocycles. The van der Waals surface area contributed by atoms with Gasteiger partial charge >= 0.3 is 17.8 Å². The van der Waals surface area contributed by atoms with Crippen LogP contribution < -0.4 is 26.0 Å². The van der Waals surface area contributed by atoms with Crippen molar-refractivity contribution in [2.75, 3.05) is 27.4 Å². The van der Waals surface area contributed by atoms with E-state index in [0.717, 1.165) is 21.3 Å². The van der Waals surface area contributed by atoms with Crippen molar-refractivity contribution in [2.45, 2.75) is 82.0 Å². The maximum absolute atomic E-state index is 13.6. The smallest absolute Gasteiger partial charge is 0.471 e. The molecule has 1 amide bonds. The quantitative estimate of drug-likeness (QED) is 0.118. The Morgan fingerprint density at radius 1 is 0.909 bits per heavy atom. The second-order valence-electron chi connectivity index (χ2n) is 15.2. The molecular formula is C40H48F3N3O8Si. The van der Waals surface area contributed by atoms with E-state index < -0.39 is 61.7 Å². The van der Waals surface area contributed by atoms with Gasteiger partial charge in [-0.15, -0.1) is 0 Å². The topological polar surface area (TPSA) is 130 Å². The number of nitrogens with one attached hydrogen (secondary N) is 2. The van der Waals surface area contributed by atoms with Gasteiger partial charge in [0, 0.05) is 18.2 Å². The molecule has 0 spiro atoms. The number of hydrogen-bond donors (Lipinski definition) is 2. The van der Waals surface area contributed by atoms with Crippen molar-refractivity contribution in [1.29, 1.82) is 0 Å². The molecule has 5 rings (SSSR count). The summed E-state index contributed by atoms with van der Waals surface area (Å²) in [6, 6.07) is 24.3. The highest BCUT2D eigenvalue weighted by molar-refractivity contribution is 6.74. The van der Waals surface area contributed by atoms with Gasteiger partial charge in [-0.05, 0) is 66.0 Å². The van der Waals surface area contributed by atoms with Crippen LogP contribution in [0.15, 0.2) is 94.6 Å². The molecule has 0 radical (unpaired) electrons. The Morgan fingerprint density at radius 2 is 1.44 bits per heavy atom. The standard InChI is InChI=1S/C40H48F3N3O8Si/c1-26-23-46(36(49)45-34(26)47)38(25-44-35(48)40(41,42)43)22-32(54-55(7,8)37(2,3)4)33(53-38)24-52-39(27-12-10-9-11-13-27,28-14-18-30(50-5)19-15-28)29-16-20-31(51-6)21-17-29/h9-21,23,32-33H,22,24-25H2,1-8H3,(H,44,48)(H,45,47,49)/t32?,33-,38+/m1/s1. The molecule has 1 fully saturated rings. The van der Waals surface area contributed by atoms with Crippen molar-refractivity contribution in [2.24, 2.45) is 0 Å². The van der Waals surface area contributed by atoms with Gasteiger partial charge in [-0.3, -0.25) is 19.1 Å². The summed E-state index contributed by atoms with van der Waals surface area (Å²) in [6.07, 6.45) is -6.01. The van der Waals surface area contributed by atoms with Gasteiger partial charge < -0.3 is 28.7 Å². The molecule has 296 valence electrons. The Balaban J connectivity index is 1.69. The highest BCUT2D eigenvalue weighted by Crippen LogP contribution is 2.46. The number of carbonyl (C=O) groups excluding carboxylic acids is 1. The molecule has 2 heterocycles. The molecule has 1 aliphatic rings. The third-order valence-corrected chi connectivity index (χ3v) is 15.0. The van der Waals surface area contributed by atoms with Crippen molar-refractivity contribution < 1.29 is 41.3 Å². The average Bonchev–Trinajstić information content (AvgIpc) is 3.49. The highest BCUT2D eigenvalue weighted by Gasteiger charge is 2.54. The highest BCUT2D eigenvalue weighted by atomic mass is 28.4. The first-order valence-corrected chi connectivity index (χ1v) is 20.7.